The normalized spacial score (nSPS) is 14.9. The van der Waals surface area contributed by atoms with Gasteiger partial charge in [0, 0.05) is 37.3 Å². The van der Waals surface area contributed by atoms with Gasteiger partial charge in [-0.3, -0.25) is 0 Å². The van der Waals surface area contributed by atoms with Gasteiger partial charge in [-0.1, -0.05) is 42.5 Å². The molecule has 0 spiro atoms. The molecule has 0 aliphatic carbocycles. The predicted octanol–water partition coefficient (Wildman–Crippen LogP) is 5.21. The Labute approximate surface area is 166 Å². The average Bonchev–Trinajstić information content (AvgIpc) is 2.73. The van der Waals surface area contributed by atoms with Gasteiger partial charge in [-0.2, -0.15) is 13.2 Å². The lowest BCUT2D eigenvalue weighted by molar-refractivity contribution is -0.137. The highest BCUT2D eigenvalue weighted by Crippen LogP contribution is 2.32. The Morgan fingerprint density at radius 1 is 0.862 bits per heavy atom. The third-order valence-corrected chi connectivity index (χ3v) is 5.14. The largest absolute Gasteiger partial charge is 0.416 e. The van der Waals surface area contributed by atoms with Gasteiger partial charge in [0.15, 0.2) is 0 Å². The van der Waals surface area contributed by atoms with Crippen LogP contribution in [-0.4, -0.2) is 37.1 Å². The van der Waals surface area contributed by atoms with E-state index in [0.29, 0.717) is 31.9 Å². The average molecular weight is 399 g/mol. The fraction of sp³-hybridized carbons (Fsp3) is 0.227. The number of rotatable bonds is 2. The van der Waals surface area contributed by atoms with E-state index >= 15 is 0 Å². The van der Waals surface area contributed by atoms with Crippen molar-refractivity contribution in [2.75, 3.05) is 36.4 Å². The number of fused-ring (bicyclic) bond motifs is 1. The Hall–Kier alpha value is -3.22. The van der Waals surface area contributed by atoms with Crippen molar-refractivity contribution in [1.29, 1.82) is 0 Å². The van der Waals surface area contributed by atoms with E-state index in [1.165, 1.54) is 6.07 Å². The van der Waals surface area contributed by atoms with E-state index in [0.717, 1.165) is 28.6 Å². The maximum absolute atomic E-state index is 12.9. The molecule has 0 atom stereocenters. The van der Waals surface area contributed by atoms with Gasteiger partial charge in [0.25, 0.3) is 0 Å². The van der Waals surface area contributed by atoms with E-state index in [-0.39, 0.29) is 6.03 Å². The Balaban J connectivity index is 1.41. The highest BCUT2D eigenvalue weighted by Gasteiger charge is 2.31. The number of nitrogens with zero attached hydrogens (tertiary/aromatic N) is 2. The van der Waals surface area contributed by atoms with Crippen molar-refractivity contribution in [3.05, 3.63) is 72.3 Å². The Kier molecular flexibility index (Phi) is 5.05. The molecular formula is C22H20F3N3O. The molecule has 1 fully saturated rings. The van der Waals surface area contributed by atoms with Crippen LogP contribution in [0.1, 0.15) is 5.56 Å². The van der Waals surface area contributed by atoms with E-state index in [1.54, 1.807) is 11.0 Å². The minimum Gasteiger partial charge on any atom is -0.368 e. The number of carbonyl (C=O) groups excluding carboxylic acids is 1. The molecule has 1 saturated heterocycles. The van der Waals surface area contributed by atoms with Gasteiger partial charge < -0.3 is 15.1 Å². The zero-order valence-corrected chi connectivity index (χ0v) is 15.6. The third-order valence-electron chi connectivity index (χ3n) is 5.14. The highest BCUT2D eigenvalue weighted by molar-refractivity contribution is 6.01. The number of halogens is 3. The summed E-state index contributed by atoms with van der Waals surface area (Å²) >= 11 is 0. The van der Waals surface area contributed by atoms with Crippen molar-refractivity contribution >= 4 is 28.2 Å². The van der Waals surface area contributed by atoms with Crippen molar-refractivity contribution in [2.45, 2.75) is 6.18 Å². The molecule has 3 aromatic rings. The molecule has 3 aromatic carbocycles. The molecule has 4 nitrogen and oxygen atoms in total. The van der Waals surface area contributed by atoms with Crippen LogP contribution < -0.4 is 10.2 Å². The Morgan fingerprint density at radius 2 is 1.55 bits per heavy atom. The zero-order valence-electron chi connectivity index (χ0n) is 15.6. The Bertz CT molecular complexity index is 1020. The summed E-state index contributed by atoms with van der Waals surface area (Å²) in [6.07, 6.45) is -4.36. The second-order valence-electron chi connectivity index (χ2n) is 6.98. The number of anilines is 2. The quantitative estimate of drug-likeness (QED) is 0.642. The van der Waals surface area contributed by atoms with Crippen molar-refractivity contribution in [1.82, 2.24) is 4.90 Å². The summed E-state index contributed by atoms with van der Waals surface area (Å²) in [5.74, 6) is 0. The first-order chi connectivity index (χ1) is 13.9. The van der Waals surface area contributed by atoms with Crippen LogP contribution in [0.25, 0.3) is 10.8 Å². The SMILES string of the molecule is O=C(Nc1cccc2ccccc12)N1CCN(c2cccc(C(F)(F)F)c2)CC1. The first kappa shape index (κ1) is 19.1. The smallest absolute Gasteiger partial charge is 0.368 e. The summed E-state index contributed by atoms with van der Waals surface area (Å²) in [5.41, 5.74) is 0.605. The van der Waals surface area contributed by atoms with Crippen LogP contribution in [-0.2, 0) is 6.18 Å². The molecule has 2 amide bonds. The van der Waals surface area contributed by atoms with E-state index in [1.807, 2.05) is 47.4 Å². The van der Waals surface area contributed by atoms with Crippen LogP contribution in [0.4, 0.5) is 29.3 Å². The van der Waals surface area contributed by atoms with E-state index < -0.39 is 11.7 Å². The lowest BCUT2D eigenvalue weighted by atomic mass is 10.1. The van der Waals surface area contributed by atoms with Gasteiger partial charge in [0.1, 0.15) is 0 Å². The number of benzene rings is 3. The monoisotopic (exact) mass is 399 g/mol. The van der Waals surface area contributed by atoms with Gasteiger partial charge in [-0.15, -0.1) is 0 Å². The van der Waals surface area contributed by atoms with Crippen molar-refractivity contribution in [3.8, 4) is 0 Å². The molecule has 4 rings (SSSR count). The van der Waals surface area contributed by atoms with Gasteiger partial charge in [-0.25, -0.2) is 4.79 Å². The molecule has 0 unspecified atom stereocenters. The summed E-state index contributed by atoms with van der Waals surface area (Å²) < 4.78 is 38.8. The van der Waals surface area contributed by atoms with E-state index in [9.17, 15) is 18.0 Å². The fourth-order valence-electron chi connectivity index (χ4n) is 3.58. The number of urea groups is 1. The second kappa shape index (κ2) is 7.66. The van der Waals surface area contributed by atoms with Crippen molar-refractivity contribution < 1.29 is 18.0 Å². The lowest BCUT2D eigenvalue weighted by Gasteiger charge is -2.36. The molecule has 29 heavy (non-hydrogen) atoms. The summed E-state index contributed by atoms with van der Waals surface area (Å²) in [5, 5.41) is 4.96. The second-order valence-corrected chi connectivity index (χ2v) is 6.98. The number of hydrogen-bond donors (Lipinski definition) is 1. The minimum absolute atomic E-state index is 0.204. The van der Waals surface area contributed by atoms with Crippen LogP contribution in [0, 0.1) is 0 Å². The molecule has 1 N–H and O–H groups in total. The molecular weight excluding hydrogens is 379 g/mol. The van der Waals surface area contributed by atoms with Crippen LogP contribution in [0.5, 0.6) is 0 Å². The number of nitrogens with one attached hydrogen (secondary N) is 1. The first-order valence-corrected chi connectivity index (χ1v) is 9.38. The summed E-state index contributed by atoms with van der Waals surface area (Å²) in [4.78, 5) is 16.2. The maximum atomic E-state index is 12.9. The number of hydrogen-bond acceptors (Lipinski definition) is 2. The van der Waals surface area contributed by atoms with E-state index in [4.69, 9.17) is 0 Å². The predicted molar refractivity (Wildman–Crippen MR) is 108 cm³/mol. The number of carbonyl (C=O) groups is 1. The molecule has 1 heterocycles. The van der Waals surface area contributed by atoms with Crippen LogP contribution in [0.15, 0.2) is 66.7 Å². The number of piperazine rings is 1. The zero-order chi connectivity index (χ0) is 20.4. The molecule has 0 bridgehead atoms. The van der Waals surface area contributed by atoms with Gasteiger partial charge >= 0.3 is 12.2 Å². The van der Waals surface area contributed by atoms with Gasteiger partial charge in [0.2, 0.25) is 0 Å². The Morgan fingerprint density at radius 3 is 2.31 bits per heavy atom. The standard InChI is InChI=1S/C22H20F3N3O/c23-22(24,25)17-7-4-8-18(15-17)27-11-13-28(14-12-27)21(29)26-20-10-3-6-16-5-1-2-9-19(16)20/h1-10,15H,11-14H2,(H,26,29). The van der Waals surface area contributed by atoms with Crippen molar-refractivity contribution in [3.63, 3.8) is 0 Å². The molecule has 7 heteroatoms. The van der Waals surface area contributed by atoms with Gasteiger partial charge in [-0.05, 0) is 29.7 Å². The maximum Gasteiger partial charge on any atom is 0.416 e. The molecule has 0 radical (unpaired) electrons. The molecule has 1 aliphatic heterocycles. The molecule has 1 aliphatic rings. The number of amides is 2. The molecule has 150 valence electrons. The van der Waals surface area contributed by atoms with Gasteiger partial charge in [0.05, 0.1) is 11.3 Å². The molecule has 0 saturated carbocycles. The lowest BCUT2D eigenvalue weighted by Crippen LogP contribution is -2.50. The summed E-state index contributed by atoms with van der Waals surface area (Å²) in [7, 11) is 0. The van der Waals surface area contributed by atoms with Crippen molar-refractivity contribution in [2.24, 2.45) is 0 Å². The summed E-state index contributed by atoms with van der Waals surface area (Å²) in [6.45, 7) is 1.83. The third kappa shape index (κ3) is 4.13. The topological polar surface area (TPSA) is 35.6 Å². The fourth-order valence-corrected chi connectivity index (χ4v) is 3.58. The molecule has 0 aromatic heterocycles. The first-order valence-electron chi connectivity index (χ1n) is 9.38. The number of alkyl halides is 3. The van der Waals surface area contributed by atoms with Crippen LogP contribution >= 0.6 is 0 Å². The van der Waals surface area contributed by atoms with E-state index in [2.05, 4.69) is 5.32 Å². The highest BCUT2D eigenvalue weighted by atomic mass is 19.4. The van der Waals surface area contributed by atoms with Crippen LogP contribution in [0.2, 0.25) is 0 Å². The van der Waals surface area contributed by atoms with Crippen LogP contribution in [0.3, 0.4) is 0 Å². The summed E-state index contributed by atoms with van der Waals surface area (Å²) in [6, 6.07) is 18.6. The minimum atomic E-state index is -4.36.